The van der Waals surface area contributed by atoms with Gasteiger partial charge < -0.3 is 15.2 Å². The Bertz CT molecular complexity index is 611. The van der Waals surface area contributed by atoms with Crippen LogP contribution in [-0.4, -0.2) is 28.9 Å². The second kappa shape index (κ2) is 8.48. The van der Waals surface area contributed by atoms with Crippen molar-refractivity contribution in [2.45, 2.75) is 64.8 Å². The SMILES string of the molecule is CC(C)(C)NCC(=O)c1ccc(OC(=O)C2CCCCCC2)c(O)c1. The second-order valence-corrected chi connectivity index (χ2v) is 7.82. The standard InChI is InChI=1S/C20H29NO4/c1-20(2,3)21-13-17(23)15-10-11-18(16(22)12-15)25-19(24)14-8-6-4-5-7-9-14/h10-12,14,21-22H,4-9,13H2,1-3H3. The minimum absolute atomic E-state index is 0.0980. The summed E-state index contributed by atoms with van der Waals surface area (Å²) >= 11 is 0. The van der Waals surface area contributed by atoms with Gasteiger partial charge in [0, 0.05) is 11.1 Å². The summed E-state index contributed by atoms with van der Waals surface area (Å²) in [6.07, 6.45) is 6.09. The summed E-state index contributed by atoms with van der Waals surface area (Å²) in [6, 6.07) is 4.44. The van der Waals surface area contributed by atoms with Gasteiger partial charge in [-0.1, -0.05) is 25.7 Å². The summed E-state index contributed by atoms with van der Waals surface area (Å²) in [5.74, 6) is -0.560. The number of aromatic hydroxyl groups is 1. The first kappa shape index (κ1) is 19.4. The van der Waals surface area contributed by atoms with Crippen LogP contribution in [0.2, 0.25) is 0 Å². The lowest BCUT2D eigenvalue weighted by atomic mass is 10.0. The Kier molecular flexibility index (Phi) is 6.59. The van der Waals surface area contributed by atoms with E-state index >= 15 is 0 Å². The number of carbonyl (C=O) groups excluding carboxylic acids is 2. The van der Waals surface area contributed by atoms with E-state index in [1.54, 1.807) is 6.07 Å². The molecular weight excluding hydrogens is 318 g/mol. The van der Waals surface area contributed by atoms with Crippen molar-refractivity contribution < 1.29 is 19.4 Å². The highest BCUT2D eigenvalue weighted by atomic mass is 16.5. The predicted octanol–water partition coefficient (Wildman–Crippen LogP) is 3.84. The zero-order chi connectivity index (χ0) is 18.4. The Morgan fingerprint density at radius 2 is 1.80 bits per heavy atom. The molecule has 1 fully saturated rings. The summed E-state index contributed by atoms with van der Waals surface area (Å²) in [5, 5.41) is 13.2. The number of phenolic OH excluding ortho intramolecular Hbond substituents is 1. The number of ether oxygens (including phenoxy) is 1. The van der Waals surface area contributed by atoms with E-state index in [0.717, 1.165) is 38.5 Å². The molecule has 0 atom stereocenters. The average Bonchev–Trinajstić information content (AvgIpc) is 2.83. The van der Waals surface area contributed by atoms with Crippen LogP contribution >= 0.6 is 0 Å². The van der Waals surface area contributed by atoms with Crippen LogP contribution in [0.15, 0.2) is 18.2 Å². The average molecular weight is 347 g/mol. The third-order valence-corrected chi connectivity index (χ3v) is 4.46. The predicted molar refractivity (Wildman–Crippen MR) is 97.0 cm³/mol. The summed E-state index contributed by atoms with van der Waals surface area (Å²) in [4.78, 5) is 24.5. The third-order valence-electron chi connectivity index (χ3n) is 4.46. The van der Waals surface area contributed by atoms with E-state index in [2.05, 4.69) is 5.32 Å². The molecule has 0 bridgehead atoms. The molecular formula is C20H29NO4. The highest BCUT2D eigenvalue weighted by molar-refractivity contribution is 5.98. The number of rotatable bonds is 5. The molecule has 1 aliphatic carbocycles. The highest BCUT2D eigenvalue weighted by Crippen LogP contribution is 2.30. The van der Waals surface area contributed by atoms with Crippen molar-refractivity contribution in [3.05, 3.63) is 23.8 Å². The fourth-order valence-electron chi connectivity index (χ4n) is 2.93. The summed E-state index contributed by atoms with van der Waals surface area (Å²) < 4.78 is 5.37. The first-order valence-electron chi connectivity index (χ1n) is 9.09. The van der Waals surface area contributed by atoms with Gasteiger partial charge in [0.1, 0.15) is 0 Å². The van der Waals surface area contributed by atoms with E-state index in [-0.39, 0.29) is 41.3 Å². The third kappa shape index (κ3) is 6.16. The summed E-state index contributed by atoms with van der Waals surface area (Å²) in [5.41, 5.74) is 0.231. The smallest absolute Gasteiger partial charge is 0.314 e. The quantitative estimate of drug-likeness (QED) is 0.366. The van der Waals surface area contributed by atoms with Crippen molar-refractivity contribution in [2.75, 3.05) is 6.54 Å². The van der Waals surface area contributed by atoms with Crippen molar-refractivity contribution in [1.82, 2.24) is 5.32 Å². The van der Waals surface area contributed by atoms with E-state index in [1.165, 1.54) is 12.1 Å². The molecule has 0 spiro atoms. The van der Waals surface area contributed by atoms with Crippen molar-refractivity contribution >= 4 is 11.8 Å². The molecule has 2 rings (SSSR count). The fraction of sp³-hybridized carbons (Fsp3) is 0.600. The molecule has 0 amide bonds. The van der Waals surface area contributed by atoms with Crippen molar-refractivity contribution in [3.63, 3.8) is 0 Å². The molecule has 0 aliphatic heterocycles. The lowest BCUT2D eigenvalue weighted by Gasteiger charge is -2.20. The molecule has 0 aromatic heterocycles. The molecule has 0 saturated heterocycles. The maximum atomic E-state index is 12.3. The van der Waals surface area contributed by atoms with E-state index in [9.17, 15) is 14.7 Å². The second-order valence-electron chi connectivity index (χ2n) is 7.82. The van der Waals surface area contributed by atoms with Gasteiger partial charge in [0.25, 0.3) is 0 Å². The number of hydrogen-bond acceptors (Lipinski definition) is 5. The number of carbonyl (C=O) groups is 2. The van der Waals surface area contributed by atoms with Gasteiger partial charge in [-0.3, -0.25) is 9.59 Å². The van der Waals surface area contributed by atoms with Crippen LogP contribution in [0.25, 0.3) is 0 Å². The lowest BCUT2D eigenvalue weighted by Crippen LogP contribution is -2.39. The van der Waals surface area contributed by atoms with Gasteiger partial charge in [-0.2, -0.15) is 0 Å². The molecule has 0 unspecified atom stereocenters. The van der Waals surface area contributed by atoms with Gasteiger partial charge in [-0.05, 0) is 51.8 Å². The molecule has 5 nitrogen and oxygen atoms in total. The van der Waals surface area contributed by atoms with E-state index in [1.807, 2.05) is 20.8 Å². The van der Waals surface area contributed by atoms with Gasteiger partial charge in [0.05, 0.1) is 12.5 Å². The zero-order valence-electron chi connectivity index (χ0n) is 15.4. The van der Waals surface area contributed by atoms with Crippen LogP contribution in [0.3, 0.4) is 0 Å². The molecule has 2 N–H and O–H groups in total. The zero-order valence-corrected chi connectivity index (χ0v) is 15.4. The number of ketones is 1. The minimum Gasteiger partial charge on any atom is -0.504 e. The minimum atomic E-state index is -0.286. The Morgan fingerprint density at radius 3 is 2.36 bits per heavy atom. The van der Waals surface area contributed by atoms with Crippen LogP contribution in [0.5, 0.6) is 11.5 Å². The number of esters is 1. The Hall–Kier alpha value is -1.88. The van der Waals surface area contributed by atoms with Gasteiger partial charge in [-0.25, -0.2) is 0 Å². The Morgan fingerprint density at radius 1 is 1.16 bits per heavy atom. The van der Waals surface area contributed by atoms with Crippen LogP contribution in [-0.2, 0) is 4.79 Å². The highest BCUT2D eigenvalue weighted by Gasteiger charge is 2.23. The first-order valence-corrected chi connectivity index (χ1v) is 9.09. The monoisotopic (exact) mass is 347 g/mol. The maximum Gasteiger partial charge on any atom is 0.314 e. The molecule has 0 radical (unpaired) electrons. The molecule has 0 heterocycles. The molecule has 25 heavy (non-hydrogen) atoms. The van der Waals surface area contributed by atoms with Crippen molar-refractivity contribution in [3.8, 4) is 11.5 Å². The molecule has 1 aliphatic rings. The number of nitrogens with one attached hydrogen (secondary N) is 1. The molecule has 1 aromatic rings. The van der Waals surface area contributed by atoms with Crippen LogP contribution in [0, 0.1) is 5.92 Å². The summed E-state index contributed by atoms with van der Waals surface area (Å²) in [7, 11) is 0. The number of phenols is 1. The largest absolute Gasteiger partial charge is 0.504 e. The van der Waals surface area contributed by atoms with Gasteiger partial charge >= 0.3 is 5.97 Å². The Labute approximate surface area is 149 Å². The molecule has 5 heteroatoms. The lowest BCUT2D eigenvalue weighted by molar-refractivity contribution is -0.139. The number of benzene rings is 1. The normalized spacial score (nSPS) is 16.3. The van der Waals surface area contributed by atoms with Crippen LogP contribution in [0.4, 0.5) is 0 Å². The molecule has 1 aromatic carbocycles. The maximum absolute atomic E-state index is 12.3. The van der Waals surface area contributed by atoms with Gasteiger partial charge in [0.15, 0.2) is 17.3 Å². The van der Waals surface area contributed by atoms with E-state index in [0.29, 0.717) is 5.56 Å². The molecule has 138 valence electrons. The van der Waals surface area contributed by atoms with E-state index in [4.69, 9.17) is 4.74 Å². The van der Waals surface area contributed by atoms with Gasteiger partial charge in [0.2, 0.25) is 0 Å². The summed E-state index contributed by atoms with van der Waals surface area (Å²) in [6.45, 7) is 6.12. The topological polar surface area (TPSA) is 75.6 Å². The number of hydrogen-bond donors (Lipinski definition) is 2. The fourth-order valence-corrected chi connectivity index (χ4v) is 2.93. The first-order chi connectivity index (χ1) is 11.8. The van der Waals surface area contributed by atoms with Crippen LogP contribution in [0.1, 0.15) is 69.7 Å². The Balaban J connectivity index is 1.98. The molecule has 1 saturated carbocycles. The van der Waals surface area contributed by atoms with Crippen LogP contribution < -0.4 is 10.1 Å². The van der Waals surface area contributed by atoms with E-state index < -0.39 is 0 Å². The van der Waals surface area contributed by atoms with Gasteiger partial charge in [-0.15, -0.1) is 0 Å². The van der Waals surface area contributed by atoms with Crippen molar-refractivity contribution in [2.24, 2.45) is 5.92 Å². The van der Waals surface area contributed by atoms with Crippen molar-refractivity contribution in [1.29, 1.82) is 0 Å². The number of Topliss-reactive ketones (excluding diaryl/α,β-unsaturated/α-hetero) is 1.